The molecule has 4 rings (SSSR count). The number of likely N-dealkylation sites (tertiary alicyclic amines) is 1. The van der Waals surface area contributed by atoms with Gasteiger partial charge in [-0.05, 0) is 68.8 Å². The van der Waals surface area contributed by atoms with Crippen LogP contribution in [0.4, 0.5) is 17.3 Å². The van der Waals surface area contributed by atoms with Gasteiger partial charge in [0.25, 0.3) is 0 Å². The second-order valence-corrected chi connectivity index (χ2v) is 10.3. The number of pyridine rings is 1. The SMILES string of the molecule is C=C(CSCCN1CCC(C(=O)Nc2ccc(C)c(Nc3nccc(-c4cccnc4)n3)c2)CC1)C(=O)O. The van der Waals surface area contributed by atoms with Crippen LogP contribution in [0.3, 0.4) is 0 Å². The van der Waals surface area contributed by atoms with Gasteiger partial charge in [-0.25, -0.2) is 14.8 Å². The number of nitrogens with one attached hydrogen (secondary N) is 2. The first kappa shape index (κ1) is 27.3. The summed E-state index contributed by atoms with van der Waals surface area (Å²) in [7, 11) is 0. The molecule has 10 heteroatoms. The molecule has 0 atom stereocenters. The molecule has 198 valence electrons. The second kappa shape index (κ2) is 13.2. The number of carboxylic acid groups (broad SMARTS) is 1. The fourth-order valence-corrected chi connectivity index (χ4v) is 5.06. The first-order chi connectivity index (χ1) is 18.4. The van der Waals surface area contributed by atoms with Crippen LogP contribution >= 0.6 is 11.8 Å². The van der Waals surface area contributed by atoms with Crippen molar-refractivity contribution in [3.8, 4) is 11.3 Å². The predicted molar refractivity (Wildman–Crippen MR) is 152 cm³/mol. The average molecular weight is 533 g/mol. The third kappa shape index (κ3) is 7.62. The maximum atomic E-state index is 13.0. The number of hydrogen-bond acceptors (Lipinski definition) is 8. The third-order valence-corrected chi connectivity index (χ3v) is 7.48. The van der Waals surface area contributed by atoms with Crippen molar-refractivity contribution in [3.63, 3.8) is 0 Å². The monoisotopic (exact) mass is 532 g/mol. The molecule has 0 aliphatic carbocycles. The summed E-state index contributed by atoms with van der Waals surface area (Å²) >= 11 is 1.58. The number of aromatic nitrogens is 3. The number of rotatable bonds is 11. The van der Waals surface area contributed by atoms with Gasteiger partial charge in [0.2, 0.25) is 11.9 Å². The molecule has 2 aromatic heterocycles. The van der Waals surface area contributed by atoms with Crippen LogP contribution < -0.4 is 10.6 Å². The van der Waals surface area contributed by atoms with Gasteiger partial charge in [0, 0.05) is 65.1 Å². The number of carboxylic acids is 1. The molecule has 3 N–H and O–H groups in total. The Hall–Kier alpha value is -3.76. The van der Waals surface area contributed by atoms with Gasteiger partial charge in [0.1, 0.15) is 0 Å². The zero-order valence-electron chi connectivity index (χ0n) is 21.4. The standard InChI is InChI=1S/C28H32N6O3S/c1-19-5-6-23(16-25(19)33-28-30-11-7-24(32-28)22-4-3-10-29-17-22)31-26(35)21-8-12-34(13-9-21)14-15-38-18-20(2)27(36)37/h3-7,10-11,16-17,21H,2,8-9,12-15,18H2,1H3,(H,31,35)(H,36,37)(H,30,32,33). The summed E-state index contributed by atoms with van der Waals surface area (Å²) in [6.45, 7) is 8.13. The Bertz CT molecular complexity index is 1280. The van der Waals surface area contributed by atoms with Gasteiger partial charge in [-0.1, -0.05) is 12.6 Å². The summed E-state index contributed by atoms with van der Waals surface area (Å²) in [5.74, 6) is 0.796. The van der Waals surface area contributed by atoms with Crippen LogP contribution in [0.15, 0.2) is 67.1 Å². The molecule has 0 radical (unpaired) electrons. The number of nitrogens with zero attached hydrogens (tertiary/aromatic N) is 4. The maximum Gasteiger partial charge on any atom is 0.331 e. The number of carbonyl (C=O) groups is 2. The van der Waals surface area contributed by atoms with E-state index in [9.17, 15) is 9.59 Å². The van der Waals surface area contributed by atoms with Crippen molar-refractivity contribution in [1.29, 1.82) is 0 Å². The minimum atomic E-state index is -0.941. The average Bonchev–Trinajstić information content (AvgIpc) is 2.93. The highest BCUT2D eigenvalue weighted by molar-refractivity contribution is 7.99. The van der Waals surface area contributed by atoms with E-state index in [0.717, 1.165) is 66.4 Å². The third-order valence-electron chi connectivity index (χ3n) is 6.45. The molecule has 1 aliphatic rings. The number of aryl methyl sites for hydroxylation is 1. The van der Waals surface area contributed by atoms with E-state index in [4.69, 9.17) is 5.11 Å². The molecule has 3 heterocycles. The fourth-order valence-electron chi connectivity index (χ4n) is 4.16. The summed E-state index contributed by atoms with van der Waals surface area (Å²) in [6, 6.07) is 11.4. The number of hydrogen-bond donors (Lipinski definition) is 3. The number of aliphatic carboxylic acids is 1. The highest BCUT2D eigenvalue weighted by atomic mass is 32.2. The Morgan fingerprint density at radius 1 is 1.18 bits per heavy atom. The summed E-state index contributed by atoms with van der Waals surface area (Å²) in [5.41, 5.74) is 4.47. The van der Waals surface area contributed by atoms with Crippen LogP contribution in [0.2, 0.25) is 0 Å². The molecule has 3 aromatic rings. The lowest BCUT2D eigenvalue weighted by molar-refractivity contribution is -0.132. The van der Waals surface area contributed by atoms with Crippen molar-refractivity contribution in [2.24, 2.45) is 5.92 Å². The highest BCUT2D eigenvalue weighted by Crippen LogP contribution is 2.26. The molecule has 38 heavy (non-hydrogen) atoms. The van der Waals surface area contributed by atoms with Crippen molar-refractivity contribution < 1.29 is 14.7 Å². The van der Waals surface area contributed by atoms with Crippen LogP contribution in [-0.2, 0) is 9.59 Å². The number of amides is 1. The van der Waals surface area contributed by atoms with E-state index in [0.29, 0.717) is 11.7 Å². The van der Waals surface area contributed by atoms with Gasteiger partial charge in [-0.15, -0.1) is 0 Å². The van der Waals surface area contributed by atoms with Crippen LogP contribution in [-0.4, -0.2) is 68.0 Å². The van der Waals surface area contributed by atoms with Crippen LogP contribution in [0, 0.1) is 12.8 Å². The highest BCUT2D eigenvalue weighted by Gasteiger charge is 2.25. The Kier molecular flexibility index (Phi) is 9.45. The maximum absolute atomic E-state index is 13.0. The van der Waals surface area contributed by atoms with E-state index in [1.54, 1.807) is 30.4 Å². The summed E-state index contributed by atoms with van der Waals surface area (Å²) < 4.78 is 0. The van der Waals surface area contributed by atoms with Gasteiger partial charge in [0.15, 0.2) is 0 Å². The summed E-state index contributed by atoms with van der Waals surface area (Å²) in [4.78, 5) is 39.2. The lowest BCUT2D eigenvalue weighted by Crippen LogP contribution is -2.39. The van der Waals surface area contributed by atoms with Gasteiger partial charge >= 0.3 is 5.97 Å². The van der Waals surface area contributed by atoms with Crippen LogP contribution in [0.5, 0.6) is 0 Å². The molecule has 0 unspecified atom stereocenters. The molecular weight excluding hydrogens is 500 g/mol. The molecule has 0 saturated carbocycles. The van der Waals surface area contributed by atoms with Crippen molar-refractivity contribution in [3.05, 3.63) is 72.7 Å². The van der Waals surface area contributed by atoms with E-state index in [1.807, 2.05) is 43.3 Å². The predicted octanol–water partition coefficient (Wildman–Crippen LogP) is 4.62. The minimum absolute atomic E-state index is 0.0291. The lowest BCUT2D eigenvalue weighted by atomic mass is 9.96. The quantitative estimate of drug-likeness (QED) is 0.240. The zero-order valence-corrected chi connectivity index (χ0v) is 22.2. The Balaban J connectivity index is 1.28. The zero-order chi connectivity index (χ0) is 26.9. The Morgan fingerprint density at radius 2 is 2.00 bits per heavy atom. The summed E-state index contributed by atoms with van der Waals surface area (Å²) in [6.07, 6.45) is 6.78. The normalized spacial score (nSPS) is 14.1. The largest absolute Gasteiger partial charge is 0.478 e. The van der Waals surface area contributed by atoms with Crippen molar-refractivity contribution in [2.45, 2.75) is 19.8 Å². The van der Waals surface area contributed by atoms with E-state index in [-0.39, 0.29) is 17.4 Å². The van der Waals surface area contributed by atoms with Crippen LogP contribution in [0.25, 0.3) is 11.3 Å². The van der Waals surface area contributed by atoms with Crippen LogP contribution in [0.1, 0.15) is 18.4 Å². The molecule has 9 nitrogen and oxygen atoms in total. The van der Waals surface area contributed by atoms with Gasteiger partial charge in [-0.3, -0.25) is 9.78 Å². The lowest BCUT2D eigenvalue weighted by Gasteiger charge is -2.31. The second-order valence-electron chi connectivity index (χ2n) is 9.23. The molecule has 1 saturated heterocycles. The first-order valence-electron chi connectivity index (χ1n) is 12.5. The van der Waals surface area contributed by atoms with E-state index < -0.39 is 5.97 Å². The summed E-state index contributed by atoms with van der Waals surface area (Å²) in [5, 5.41) is 15.2. The molecule has 1 aromatic carbocycles. The molecule has 1 fully saturated rings. The topological polar surface area (TPSA) is 120 Å². The molecule has 0 spiro atoms. The number of carbonyl (C=O) groups excluding carboxylic acids is 1. The molecule has 1 amide bonds. The van der Waals surface area contributed by atoms with E-state index >= 15 is 0 Å². The Labute approximate surface area is 226 Å². The van der Waals surface area contributed by atoms with Gasteiger partial charge < -0.3 is 20.6 Å². The smallest absolute Gasteiger partial charge is 0.331 e. The van der Waals surface area contributed by atoms with Gasteiger partial charge in [-0.2, -0.15) is 11.8 Å². The molecule has 1 aliphatic heterocycles. The fraction of sp³-hybridized carbons (Fsp3) is 0.321. The first-order valence-corrected chi connectivity index (χ1v) is 13.7. The Morgan fingerprint density at radius 3 is 2.74 bits per heavy atom. The van der Waals surface area contributed by atoms with Gasteiger partial charge in [0.05, 0.1) is 5.69 Å². The van der Waals surface area contributed by atoms with E-state index in [2.05, 4.69) is 37.1 Å². The molecular formula is C28H32N6O3S. The number of anilines is 3. The number of thioether (sulfide) groups is 1. The van der Waals surface area contributed by atoms with E-state index in [1.165, 1.54) is 0 Å². The van der Waals surface area contributed by atoms with Crippen molar-refractivity contribution in [2.75, 3.05) is 41.8 Å². The van der Waals surface area contributed by atoms with Crippen molar-refractivity contribution >= 4 is 41.0 Å². The van der Waals surface area contributed by atoms with Crippen molar-refractivity contribution in [1.82, 2.24) is 19.9 Å². The number of benzene rings is 1. The molecule has 0 bridgehead atoms. The number of piperidine rings is 1. The minimum Gasteiger partial charge on any atom is -0.478 e.